The topological polar surface area (TPSA) is 103 Å². The molecule has 6 rings (SSSR count). The summed E-state index contributed by atoms with van der Waals surface area (Å²) in [6.07, 6.45) is 7.20. The normalized spacial score (nSPS) is 17.4. The minimum atomic E-state index is -0.959. The molecule has 0 saturated carbocycles. The van der Waals surface area contributed by atoms with Crippen LogP contribution in [-0.2, 0) is 24.4 Å². The molecule has 1 N–H and O–H groups in total. The number of carboxylic acid groups (broad SMARTS) is 1. The third-order valence-corrected chi connectivity index (χ3v) is 7.48. The van der Waals surface area contributed by atoms with Crippen molar-refractivity contribution in [3.05, 3.63) is 88.4 Å². The second-order valence-electron chi connectivity index (χ2n) is 9.91. The SMILES string of the molecule is O=C(O)c1ccc2nc(CN3CC=C(c4cncc(OCc5ccc(Cl)cc5F)n4)CC3)n(C[C@@H]3CCO3)c2c1. The number of aromatic carboxylic acids is 1. The van der Waals surface area contributed by atoms with E-state index in [1.165, 1.54) is 12.3 Å². The summed E-state index contributed by atoms with van der Waals surface area (Å²) in [6.45, 7) is 3.52. The Morgan fingerprint density at radius 1 is 1.20 bits per heavy atom. The molecule has 1 saturated heterocycles. The Hall–Kier alpha value is -3.86. The Morgan fingerprint density at radius 3 is 2.80 bits per heavy atom. The summed E-state index contributed by atoms with van der Waals surface area (Å²) >= 11 is 5.82. The number of nitrogens with zero attached hydrogens (tertiary/aromatic N) is 5. The molecule has 0 radical (unpaired) electrons. The van der Waals surface area contributed by atoms with Crippen LogP contribution in [-0.4, -0.2) is 61.3 Å². The van der Waals surface area contributed by atoms with Crippen molar-refractivity contribution in [3.8, 4) is 5.88 Å². The number of fused-ring (bicyclic) bond motifs is 1. The average Bonchev–Trinajstić information content (AvgIpc) is 3.26. The molecule has 9 nitrogen and oxygen atoms in total. The van der Waals surface area contributed by atoms with Gasteiger partial charge in [0.1, 0.15) is 18.2 Å². The van der Waals surface area contributed by atoms with E-state index in [9.17, 15) is 14.3 Å². The number of halogens is 2. The first kappa shape index (κ1) is 26.4. The van der Waals surface area contributed by atoms with E-state index in [0.717, 1.165) is 54.1 Å². The number of hydrogen-bond donors (Lipinski definition) is 1. The van der Waals surface area contributed by atoms with Gasteiger partial charge < -0.3 is 19.1 Å². The number of ether oxygens (including phenoxy) is 2. The highest BCUT2D eigenvalue weighted by atomic mass is 35.5. The molecule has 206 valence electrons. The third-order valence-electron chi connectivity index (χ3n) is 7.24. The molecule has 0 amide bonds. The number of carboxylic acids is 1. The first-order chi connectivity index (χ1) is 19.4. The van der Waals surface area contributed by atoms with Crippen molar-refractivity contribution in [2.45, 2.75) is 38.6 Å². The highest BCUT2D eigenvalue weighted by Crippen LogP contribution is 2.26. The molecule has 0 unspecified atom stereocenters. The summed E-state index contributed by atoms with van der Waals surface area (Å²) < 4.78 is 27.6. The average molecular weight is 564 g/mol. The lowest BCUT2D eigenvalue weighted by atomic mass is 10.1. The van der Waals surface area contributed by atoms with E-state index in [-0.39, 0.29) is 18.3 Å². The minimum Gasteiger partial charge on any atom is -0.478 e. The highest BCUT2D eigenvalue weighted by molar-refractivity contribution is 6.30. The van der Waals surface area contributed by atoms with Crippen LogP contribution < -0.4 is 4.74 Å². The number of rotatable bonds is 9. The van der Waals surface area contributed by atoms with Gasteiger partial charge in [0.25, 0.3) is 0 Å². The molecule has 1 fully saturated rings. The summed E-state index contributed by atoms with van der Waals surface area (Å²) in [6, 6.07) is 9.51. The maximum absolute atomic E-state index is 14.1. The molecule has 2 aliphatic rings. The monoisotopic (exact) mass is 563 g/mol. The van der Waals surface area contributed by atoms with Crippen LogP contribution in [0.5, 0.6) is 5.88 Å². The first-order valence-electron chi connectivity index (χ1n) is 13.1. The van der Waals surface area contributed by atoms with Crippen molar-refractivity contribution in [3.63, 3.8) is 0 Å². The molecule has 2 aromatic carbocycles. The van der Waals surface area contributed by atoms with E-state index in [0.29, 0.717) is 36.1 Å². The van der Waals surface area contributed by atoms with E-state index in [1.807, 2.05) is 0 Å². The van der Waals surface area contributed by atoms with Gasteiger partial charge >= 0.3 is 5.97 Å². The van der Waals surface area contributed by atoms with Crippen LogP contribution in [0.2, 0.25) is 5.02 Å². The number of aromatic nitrogens is 4. The van der Waals surface area contributed by atoms with Crippen LogP contribution in [0.3, 0.4) is 0 Å². The lowest BCUT2D eigenvalue weighted by Crippen LogP contribution is -2.33. The van der Waals surface area contributed by atoms with Gasteiger partial charge in [0, 0.05) is 30.3 Å². The van der Waals surface area contributed by atoms with Crippen LogP contribution in [0, 0.1) is 5.82 Å². The van der Waals surface area contributed by atoms with Gasteiger partial charge in [-0.05, 0) is 48.7 Å². The Morgan fingerprint density at radius 2 is 2.08 bits per heavy atom. The maximum Gasteiger partial charge on any atom is 0.335 e. The molecule has 1 atom stereocenters. The molecular formula is C29H27ClFN5O4. The second kappa shape index (κ2) is 11.3. The van der Waals surface area contributed by atoms with Crippen molar-refractivity contribution < 1.29 is 23.8 Å². The predicted octanol–water partition coefficient (Wildman–Crippen LogP) is 4.97. The molecule has 4 aromatic rings. The summed E-state index contributed by atoms with van der Waals surface area (Å²) in [5.41, 5.74) is 4.00. The lowest BCUT2D eigenvalue weighted by Gasteiger charge is -2.29. The van der Waals surface area contributed by atoms with Gasteiger partial charge in [-0.2, -0.15) is 0 Å². The minimum absolute atomic E-state index is 0.0226. The van der Waals surface area contributed by atoms with Gasteiger partial charge in [-0.25, -0.2) is 19.2 Å². The Balaban J connectivity index is 1.15. The zero-order chi connectivity index (χ0) is 27.6. The molecule has 2 aromatic heterocycles. The lowest BCUT2D eigenvalue weighted by molar-refractivity contribution is -0.0591. The highest BCUT2D eigenvalue weighted by Gasteiger charge is 2.24. The van der Waals surface area contributed by atoms with Crippen LogP contribution in [0.25, 0.3) is 16.6 Å². The number of imidazole rings is 1. The van der Waals surface area contributed by atoms with Gasteiger partial charge in [0.2, 0.25) is 5.88 Å². The van der Waals surface area contributed by atoms with Crippen LogP contribution in [0.1, 0.15) is 40.3 Å². The molecule has 2 aliphatic heterocycles. The molecule has 0 bridgehead atoms. The van der Waals surface area contributed by atoms with Gasteiger partial charge in [-0.3, -0.25) is 9.88 Å². The van der Waals surface area contributed by atoms with Crippen LogP contribution in [0.4, 0.5) is 4.39 Å². The standard InChI is InChI=1S/C29H27ClFN5O4/c30-21-3-1-20(23(31)12-21)17-40-28-14-32-13-25(34-28)18-5-8-35(9-6-18)16-27-33-24-4-2-19(29(37)38)11-26(24)36(27)15-22-7-10-39-22/h1-5,11-14,22H,6-10,15-17H2,(H,37,38)/t22-/m0/s1. The van der Waals surface area contributed by atoms with E-state index in [1.54, 1.807) is 36.5 Å². The molecule has 0 spiro atoms. The molecular weight excluding hydrogens is 537 g/mol. The zero-order valence-electron chi connectivity index (χ0n) is 21.6. The van der Waals surface area contributed by atoms with E-state index in [2.05, 4.69) is 25.5 Å². The van der Waals surface area contributed by atoms with Crippen molar-refractivity contribution in [2.24, 2.45) is 0 Å². The fraction of sp³-hybridized carbons (Fsp3) is 0.310. The Bertz CT molecular complexity index is 1600. The third kappa shape index (κ3) is 5.70. The fourth-order valence-electron chi connectivity index (χ4n) is 4.91. The number of carbonyl (C=O) groups is 1. The molecule has 4 heterocycles. The van der Waals surface area contributed by atoms with Crippen molar-refractivity contribution in [1.29, 1.82) is 0 Å². The number of benzene rings is 2. The summed E-state index contributed by atoms with van der Waals surface area (Å²) in [7, 11) is 0. The first-order valence-corrected chi connectivity index (χ1v) is 13.5. The quantitative estimate of drug-likeness (QED) is 0.304. The Kier molecular flexibility index (Phi) is 7.46. The maximum atomic E-state index is 14.1. The smallest absolute Gasteiger partial charge is 0.335 e. The second-order valence-corrected chi connectivity index (χ2v) is 10.3. The fourth-order valence-corrected chi connectivity index (χ4v) is 5.07. The predicted molar refractivity (Wildman–Crippen MR) is 147 cm³/mol. The molecule has 0 aliphatic carbocycles. The van der Waals surface area contributed by atoms with E-state index >= 15 is 0 Å². The number of hydrogen-bond acceptors (Lipinski definition) is 7. The van der Waals surface area contributed by atoms with Crippen molar-refractivity contribution in [2.75, 3.05) is 19.7 Å². The van der Waals surface area contributed by atoms with E-state index in [4.69, 9.17) is 26.1 Å². The summed E-state index contributed by atoms with van der Waals surface area (Å²) in [5, 5.41) is 9.81. The van der Waals surface area contributed by atoms with Gasteiger partial charge in [0.15, 0.2) is 0 Å². The van der Waals surface area contributed by atoms with Gasteiger partial charge in [0.05, 0.1) is 53.9 Å². The summed E-state index contributed by atoms with van der Waals surface area (Å²) in [4.78, 5) is 27.5. The zero-order valence-corrected chi connectivity index (χ0v) is 22.4. The van der Waals surface area contributed by atoms with E-state index < -0.39 is 11.8 Å². The molecule has 11 heteroatoms. The van der Waals surface area contributed by atoms with Gasteiger partial charge in [-0.1, -0.05) is 23.7 Å². The largest absolute Gasteiger partial charge is 0.478 e. The Labute approximate surface area is 234 Å². The van der Waals surface area contributed by atoms with Crippen LogP contribution in [0.15, 0.2) is 54.9 Å². The van der Waals surface area contributed by atoms with Crippen molar-refractivity contribution in [1.82, 2.24) is 24.4 Å². The summed E-state index contributed by atoms with van der Waals surface area (Å²) in [5.74, 6) is -0.181. The van der Waals surface area contributed by atoms with Gasteiger partial charge in [-0.15, -0.1) is 0 Å². The van der Waals surface area contributed by atoms with Crippen LogP contribution >= 0.6 is 11.6 Å². The van der Waals surface area contributed by atoms with Crippen molar-refractivity contribution >= 4 is 34.2 Å². The molecule has 40 heavy (non-hydrogen) atoms.